The lowest BCUT2D eigenvalue weighted by Gasteiger charge is -2.14. The fourth-order valence-electron chi connectivity index (χ4n) is 2.45. The SMILES string of the molecule is Cl.Cl.Cn1c2c(c3ccccc31)CCNC2. The summed E-state index contributed by atoms with van der Waals surface area (Å²) in [6.07, 6.45) is 1.16. The highest BCUT2D eigenvalue weighted by molar-refractivity contribution is 5.86. The van der Waals surface area contributed by atoms with Gasteiger partial charge in [0.1, 0.15) is 0 Å². The molecule has 0 saturated heterocycles. The summed E-state index contributed by atoms with van der Waals surface area (Å²) in [4.78, 5) is 0. The molecule has 1 aliphatic heterocycles. The number of nitrogens with one attached hydrogen (secondary N) is 1. The summed E-state index contributed by atoms with van der Waals surface area (Å²) < 4.78 is 2.32. The summed E-state index contributed by atoms with van der Waals surface area (Å²) >= 11 is 0. The Morgan fingerprint density at radius 1 is 1.19 bits per heavy atom. The van der Waals surface area contributed by atoms with Gasteiger partial charge in [-0.05, 0) is 24.6 Å². The summed E-state index contributed by atoms with van der Waals surface area (Å²) in [5.74, 6) is 0. The molecule has 1 aromatic carbocycles. The van der Waals surface area contributed by atoms with Crippen molar-refractivity contribution in [2.45, 2.75) is 13.0 Å². The van der Waals surface area contributed by atoms with E-state index in [1.807, 2.05) is 0 Å². The first-order valence-electron chi connectivity index (χ1n) is 5.14. The van der Waals surface area contributed by atoms with Gasteiger partial charge in [-0.3, -0.25) is 0 Å². The Labute approximate surface area is 108 Å². The van der Waals surface area contributed by atoms with E-state index < -0.39 is 0 Å². The Balaban J connectivity index is 0.000000640. The van der Waals surface area contributed by atoms with Gasteiger partial charge in [0.15, 0.2) is 0 Å². The molecule has 2 heterocycles. The second kappa shape index (κ2) is 5.09. The van der Waals surface area contributed by atoms with E-state index in [1.165, 1.54) is 16.6 Å². The normalized spacial score (nSPS) is 13.8. The predicted octanol–water partition coefficient (Wildman–Crippen LogP) is 2.67. The van der Waals surface area contributed by atoms with E-state index in [4.69, 9.17) is 0 Å². The lowest BCUT2D eigenvalue weighted by molar-refractivity contribution is 0.614. The van der Waals surface area contributed by atoms with Crippen molar-refractivity contribution in [3.05, 3.63) is 35.5 Å². The third-order valence-electron chi connectivity index (χ3n) is 3.19. The van der Waals surface area contributed by atoms with Gasteiger partial charge in [0, 0.05) is 30.2 Å². The van der Waals surface area contributed by atoms with E-state index in [0.29, 0.717) is 0 Å². The first-order chi connectivity index (χ1) is 6.88. The van der Waals surface area contributed by atoms with Gasteiger partial charge in [-0.1, -0.05) is 18.2 Å². The summed E-state index contributed by atoms with van der Waals surface area (Å²) in [6, 6.07) is 8.68. The molecular formula is C12H16Cl2N2. The van der Waals surface area contributed by atoms with Gasteiger partial charge in [0.2, 0.25) is 0 Å². The maximum absolute atomic E-state index is 3.42. The smallest absolute Gasteiger partial charge is 0.0483 e. The first kappa shape index (κ1) is 13.4. The Morgan fingerprint density at radius 3 is 2.75 bits per heavy atom. The van der Waals surface area contributed by atoms with Crippen LogP contribution in [0.1, 0.15) is 11.3 Å². The molecule has 0 unspecified atom stereocenters. The molecule has 3 rings (SSSR count). The van der Waals surface area contributed by atoms with E-state index >= 15 is 0 Å². The van der Waals surface area contributed by atoms with Crippen molar-refractivity contribution in [1.82, 2.24) is 9.88 Å². The van der Waals surface area contributed by atoms with Crippen LogP contribution >= 0.6 is 24.8 Å². The molecule has 1 aromatic heterocycles. The lowest BCUT2D eigenvalue weighted by atomic mass is 10.1. The minimum atomic E-state index is 0. The molecule has 88 valence electrons. The van der Waals surface area contributed by atoms with Crippen LogP contribution in [-0.4, -0.2) is 11.1 Å². The molecule has 1 aliphatic rings. The molecule has 0 bridgehead atoms. The molecule has 2 aromatic rings. The Morgan fingerprint density at radius 2 is 1.94 bits per heavy atom. The van der Waals surface area contributed by atoms with Crippen LogP contribution in [0.4, 0.5) is 0 Å². The van der Waals surface area contributed by atoms with Crippen LogP contribution in [-0.2, 0) is 20.0 Å². The number of hydrogen-bond donors (Lipinski definition) is 1. The van der Waals surface area contributed by atoms with Gasteiger partial charge < -0.3 is 9.88 Å². The predicted molar refractivity (Wildman–Crippen MR) is 72.8 cm³/mol. The zero-order chi connectivity index (χ0) is 9.54. The number of hydrogen-bond acceptors (Lipinski definition) is 1. The van der Waals surface area contributed by atoms with Crippen molar-refractivity contribution in [2.75, 3.05) is 6.54 Å². The van der Waals surface area contributed by atoms with Gasteiger partial charge >= 0.3 is 0 Å². The van der Waals surface area contributed by atoms with E-state index in [2.05, 4.69) is 41.2 Å². The molecule has 1 N–H and O–H groups in total. The number of benzene rings is 1. The number of nitrogens with zero attached hydrogens (tertiary/aromatic N) is 1. The van der Waals surface area contributed by atoms with Crippen molar-refractivity contribution in [2.24, 2.45) is 7.05 Å². The van der Waals surface area contributed by atoms with Crippen LogP contribution in [0.5, 0.6) is 0 Å². The molecule has 2 nitrogen and oxygen atoms in total. The Kier molecular flexibility index (Phi) is 4.25. The second-order valence-corrected chi connectivity index (χ2v) is 3.93. The van der Waals surface area contributed by atoms with Crippen LogP contribution in [0, 0.1) is 0 Å². The largest absolute Gasteiger partial charge is 0.346 e. The highest BCUT2D eigenvalue weighted by Crippen LogP contribution is 2.27. The maximum atomic E-state index is 3.42. The summed E-state index contributed by atoms with van der Waals surface area (Å²) in [7, 11) is 2.16. The minimum absolute atomic E-state index is 0. The van der Waals surface area contributed by atoms with Crippen LogP contribution in [0.3, 0.4) is 0 Å². The van der Waals surface area contributed by atoms with E-state index in [0.717, 1.165) is 19.5 Å². The number of aromatic nitrogens is 1. The second-order valence-electron chi connectivity index (χ2n) is 3.93. The fourth-order valence-corrected chi connectivity index (χ4v) is 2.45. The van der Waals surface area contributed by atoms with Crippen molar-refractivity contribution in [3.63, 3.8) is 0 Å². The zero-order valence-electron chi connectivity index (χ0n) is 9.19. The zero-order valence-corrected chi connectivity index (χ0v) is 10.8. The lowest BCUT2D eigenvalue weighted by Crippen LogP contribution is -2.24. The van der Waals surface area contributed by atoms with Gasteiger partial charge in [0.25, 0.3) is 0 Å². The van der Waals surface area contributed by atoms with Gasteiger partial charge in [-0.15, -0.1) is 24.8 Å². The van der Waals surface area contributed by atoms with Crippen molar-refractivity contribution in [3.8, 4) is 0 Å². The number of aryl methyl sites for hydroxylation is 1. The average molecular weight is 259 g/mol. The monoisotopic (exact) mass is 258 g/mol. The van der Waals surface area contributed by atoms with Gasteiger partial charge in [0.05, 0.1) is 0 Å². The molecule has 4 heteroatoms. The van der Waals surface area contributed by atoms with E-state index in [9.17, 15) is 0 Å². The maximum Gasteiger partial charge on any atom is 0.0483 e. The molecule has 0 aliphatic carbocycles. The molecule has 0 fully saturated rings. The number of fused-ring (bicyclic) bond motifs is 3. The highest BCUT2D eigenvalue weighted by atomic mass is 35.5. The molecule has 16 heavy (non-hydrogen) atoms. The molecular weight excluding hydrogens is 243 g/mol. The van der Waals surface area contributed by atoms with Crippen LogP contribution in [0.15, 0.2) is 24.3 Å². The quantitative estimate of drug-likeness (QED) is 0.769. The van der Waals surface area contributed by atoms with E-state index in [-0.39, 0.29) is 24.8 Å². The molecule has 0 radical (unpaired) electrons. The summed E-state index contributed by atoms with van der Waals surface area (Å²) in [5.41, 5.74) is 4.36. The van der Waals surface area contributed by atoms with Crippen LogP contribution in [0.2, 0.25) is 0 Å². The standard InChI is InChI=1S/C12H14N2.2ClH/c1-14-11-5-3-2-4-9(11)10-6-7-13-8-12(10)14;;/h2-5,13H,6-8H2,1H3;2*1H. The molecule has 0 spiro atoms. The third-order valence-corrected chi connectivity index (χ3v) is 3.19. The van der Waals surface area contributed by atoms with Crippen LogP contribution < -0.4 is 5.32 Å². The van der Waals surface area contributed by atoms with Gasteiger partial charge in [-0.2, -0.15) is 0 Å². The van der Waals surface area contributed by atoms with Crippen molar-refractivity contribution in [1.29, 1.82) is 0 Å². The topological polar surface area (TPSA) is 17.0 Å². The van der Waals surface area contributed by atoms with Crippen LogP contribution in [0.25, 0.3) is 10.9 Å². The van der Waals surface area contributed by atoms with E-state index in [1.54, 1.807) is 5.56 Å². The first-order valence-corrected chi connectivity index (χ1v) is 5.14. The highest BCUT2D eigenvalue weighted by Gasteiger charge is 2.16. The third kappa shape index (κ3) is 1.81. The van der Waals surface area contributed by atoms with Crippen molar-refractivity contribution < 1.29 is 0 Å². The van der Waals surface area contributed by atoms with Crippen molar-refractivity contribution >= 4 is 35.7 Å². The molecule has 0 saturated carbocycles. The number of rotatable bonds is 0. The fraction of sp³-hybridized carbons (Fsp3) is 0.333. The summed E-state index contributed by atoms with van der Waals surface area (Å²) in [6.45, 7) is 2.13. The molecule has 0 amide bonds. The average Bonchev–Trinajstić information content (AvgIpc) is 2.55. The van der Waals surface area contributed by atoms with Gasteiger partial charge in [-0.25, -0.2) is 0 Å². The minimum Gasteiger partial charge on any atom is -0.346 e. The Hall–Kier alpha value is -0.700. The Bertz CT molecular complexity index is 491. The number of para-hydroxylation sites is 1. The molecule has 0 atom stereocenters. The summed E-state index contributed by atoms with van der Waals surface area (Å²) in [5, 5.41) is 4.86. The number of halogens is 2.